The van der Waals surface area contributed by atoms with Crippen molar-refractivity contribution in [1.29, 1.82) is 0 Å². The first-order valence-electron chi connectivity index (χ1n) is 12.5. The molecule has 6 N–H and O–H groups in total. The summed E-state index contributed by atoms with van der Waals surface area (Å²) in [5.41, 5.74) is 11.5. The van der Waals surface area contributed by atoms with Crippen molar-refractivity contribution in [2.75, 3.05) is 24.2 Å². The molecule has 0 saturated carbocycles. The van der Waals surface area contributed by atoms with Gasteiger partial charge in [0.05, 0.1) is 18.1 Å². The fourth-order valence-electron chi connectivity index (χ4n) is 5.19. The zero-order valence-electron chi connectivity index (χ0n) is 21.2. The number of nitrogens with zero attached hydrogens (tertiary/aromatic N) is 7. The number of alkyl halides is 1. The summed E-state index contributed by atoms with van der Waals surface area (Å²) in [4.78, 5) is 31.3. The number of nitrogens with two attached hydrogens (primary N) is 2. The SMILES string of the molecule is Nc1nc2c(nnn2[C@@H]2OC(OPCC[C@H]3[C@H](F)[C@H](n4ccc5c(N)ncnc54)O[C@@H]3COP)C[C@H]2OO)c(=O)[nH]1. The van der Waals surface area contributed by atoms with Gasteiger partial charge >= 0.3 is 0 Å². The van der Waals surface area contributed by atoms with E-state index >= 15 is 4.39 Å². The molecule has 41 heavy (non-hydrogen) atoms. The first-order chi connectivity index (χ1) is 19.9. The lowest BCUT2D eigenvalue weighted by Crippen LogP contribution is -2.26. The van der Waals surface area contributed by atoms with Crippen molar-refractivity contribution >= 4 is 52.2 Å². The summed E-state index contributed by atoms with van der Waals surface area (Å²) in [5, 5.41) is 17.8. The highest BCUT2D eigenvalue weighted by Gasteiger charge is 2.46. The van der Waals surface area contributed by atoms with Gasteiger partial charge in [0, 0.05) is 36.8 Å². The molecular formula is C21H27FN10O7P2. The van der Waals surface area contributed by atoms with Gasteiger partial charge in [-0.15, -0.1) is 5.10 Å². The molecule has 2 aliphatic rings. The van der Waals surface area contributed by atoms with E-state index < -0.39 is 48.6 Å². The summed E-state index contributed by atoms with van der Waals surface area (Å²) in [7, 11) is 2.10. The summed E-state index contributed by atoms with van der Waals surface area (Å²) >= 11 is 0. The number of anilines is 2. The third-order valence-corrected chi connectivity index (χ3v) is 8.22. The standard InChI is InChI=1S/C21H27FN10O7P2/c22-13-8(11(6-35-40)36-20(13)31-3-1-9-15(23)25-7-26-16(9)31)2-4-41-39-12-5-10(38-34)19(37-12)32-17-14(29-30-32)18(33)28-21(24)27-17/h1,3,7-8,10-13,19-20,34,41H,2,4-6,40H2,(H2,23,25,26)(H3,24,27,28,33)/t8-,10-,11-,12?,13+,19-,20-/m1/s1. The number of aromatic amines is 1. The molecule has 6 rings (SSSR count). The van der Waals surface area contributed by atoms with Crippen LogP contribution in [0.4, 0.5) is 16.2 Å². The molecule has 2 saturated heterocycles. The van der Waals surface area contributed by atoms with Gasteiger partial charge in [0.2, 0.25) is 5.95 Å². The second-order valence-corrected chi connectivity index (χ2v) is 10.9. The number of aromatic nitrogens is 8. The second-order valence-electron chi connectivity index (χ2n) is 9.52. The van der Waals surface area contributed by atoms with Crippen LogP contribution in [0.2, 0.25) is 0 Å². The molecule has 0 aromatic carbocycles. The van der Waals surface area contributed by atoms with Crippen molar-refractivity contribution in [3.8, 4) is 0 Å². The molecule has 3 unspecified atom stereocenters. The van der Waals surface area contributed by atoms with Gasteiger partial charge in [0.1, 0.15) is 23.9 Å². The van der Waals surface area contributed by atoms with Crippen LogP contribution in [0.5, 0.6) is 0 Å². The third-order valence-electron chi connectivity index (χ3n) is 7.11. The molecule has 2 aliphatic heterocycles. The Morgan fingerprint density at radius 3 is 2.93 bits per heavy atom. The molecule has 0 radical (unpaired) electrons. The Labute approximate surface area is 234 Å². The highest BCUT2D eigenvalue weighted by Crippen LogP contribution is 2.42. The van der Waals surface area contributed by atoms with Gasteiger partial charge in [-0.05, 0) is 18.6 Å². The lowest BCUT2D eigenvalue weighted by atomic mass is 9.96. The van der Waals surface area contributed by atoms with Crippen LogP contribution in [0, 0.1) is 5.92 Å². The Morgan fingerprint density at radius 2 is 2.12 bits per heavy atom. The molecule has 4 aromatic heterocycles. The minimum atomic E-state index is -1.35. The van der Waals surface area contributed by atoms with E-state index in [1.54, 1.807) is 16.8 Å². The predicted molar refractivity (Wildman–Crippen MR) is 145 cm³/mol. The number of nitrogen functional groups attached to an aromatic ring is 2. The van der Waals surface area contributed by atoms with Crippen molar-refractivity contribution in [2.45, 2.75) is 50.0 Å². The molecule has 9 atom stereocenters. The van der Waals surface area contributed by atoms with Crippen LogP contribution in [0.15, 0.2) is 23.4 Å². The van der Waals surface area contributed by atoms with Crippen LogP contribution in [-0.4, -0.2) is 82.2 Å². The van der Waals surface area contributed by atoms with Gasteiger partial charge < -0.3 is 34.6 Å². The minimum Gasteiger partial charge on any atom is -0.383 e. The Hall–Kier alpha value is -2.95. The number of rotatable bonds is 10. The monoisotopic (exact) mass is 612 g/mol. The summed E-state index contributed by atoms with van der Waals surface area (Å²) in [6.45, 7) is 0.183. The molecule has 17 nitrogen and oxygen atoms in total. The number of fused-ring (bicyclic) bond motifs is 2. The van der Waals surface area contributed by atoms with Crippen LogP contribution in [0.3, 0.4) is 0 Å². The zero-order chi connectivity index (χ0) is 28.7. The Kier molecular flexibility index (Phi) is 8.07. The maximum absolute atomic E-state index is 15.8. The molecule has 2 fully saturated rings. The fraction of sp³-hybridized carbons (Fsp3) is 0.524. The number of H-pyrrole nitrogens is 1. The first kappa shape index (κ1) is 28.2. The summed E-state index contributed by atoms with van der Waals surface area (Å²) in [5.74, 6) is -0.301. The number of hydrogen-bond acceptors (Lipinski definition) is 14. The molecule has 0 aliphatic carbocycles. The van der Waals surface area contributed by atoms with Crippen molar-refractivity contribution < 1.29 is 33.1 Å². The summed E-state index contributed by atoms with van der Waals surface area (Å²) in [6, 6.07) is 1.73. The van der Waals surface area contributed by atoms with Gasteiger partial charge in [-0.25, -0.2) is 19.2 Å². The molecule has 20 heteroatoms. The van der Waals surface area contributed by atoms with Crippen LogP contribution in [-0.2, 0) is 23.4 Å². The average Bonchev–Trinajstić information content (AvgIpc) is 3.72. The second kappa shape index (κ2) is 11.7. The van der Waals surface area contributed by atoms with Crippen molar-refractivity contribution in [3.05, 3.63) is 28.9 Å². The topological polar surface area (TPSA) is 226 Å². The number of hydrogen-bond donors (Lipinski definition) is 4. The third kappa shape index (κ3) is 5.26. The maximum atomic E-state index is 15.8. The largest absolute Gasteiger partial charge is 0.383 e. The predicted octanol–water partition coefficient (Wildman–Crippen LogP) is 0.886. The molecule has 220 valence electrons. The lowest BCUT2D eigenvalue weighted by molar-refractivity contribution is -0.294. The smallest absolute Gasteiger partial charge is 0.282 e. The quantitative estimate of drug-likeness (QED) is 0.0844. The van der Waals surface area contributed by atoms with E-state index in [1.165, 1.54) is 11.0 Å². The average molecular weight is 612 g/mol. The highest BCUT2D eigenvalue weighted by molar-refractivity contribution is 7.32. The number of halogens is 1. The highest BCUT2D eigenvalue weighted by atomic mass is 31.1. The van der Waals surface area contributed by atoms with E-state index in [2.05, 4.69) is 44.6 Å². The van der Waals surface area contributed by atoms with E-state index in [-0.39, 0.29) is 38.9 Å². The van der Waals surface area contributed by atoms with Gasteiger partial charge in [0.15, 0.2) is 36.1 Å². The van der Waals surface area contributed by atoms with Crippen LogP contribution in [0.25, 0.3) is 22.2 Å². The minimum absolute atomic E-state index is 0.0450. The molecule has 0 spiro atoms. The molecule has 4 aromatic rings. The zero-order valence-corrected chi connectivity index (χ0v) is 23.4. The molecule has 6 heterocycles. The van der Waals surface area contributed by atoms with E-state index in [4.69, 9.17) is 30.0 Å². The van der Waals surface area contributed by atoms with E-state index in [9.17, 15) is 10.1 Å². The van der Waals surface area contributed by atoms with E-state index in [1.807, 2.05) is 0 Å². The van der Waals surface area contributed by atoms with Crippen LogP contribution < -0.4 is 17.0 Å². The Bertz CT molecular complexity index is 1590. The Balaban J connectivity index is 1.08. The van der Waals surface area contributed by atoms with Gasteiger partial charge in [-0.2, -0.15) is 9.67 Å². The van der Waals surface area contributed by atoms with Crippen LogP contribution in [0.1, 0.15) is 25.3 Å². The van der Waals surface area contributed by atoms with E-state index in [0.29, 0.717) is 29.4 Å². The summed E-state index contributed by atoms with van der Waals surface area (Å²) in [6.07, 6.45) is -1.27. The summed E-state index contributed by atoms with van der Waals surface area (Å²) < 4.78 is 41.7. The normalized spacial score (nSPS) is 28.6. The van der Waals surface area contributed by atoms with Crippen molar-refractivity contribution in [3.63, 3.8) is 0 Å². The molecular weight excluding hydrogens is 585 g/mol. The van der Waals surface area contributed by atoms with Crippen LogP contribution >= 0.6 is 18.3 Å². The molecule has 0 bridgehead atoms. The lowest BCUT2D eigenvalue weighted by Gasteiger charge is -2.19. The van der Waals surface area contributed by atoms with Gasteiger partial charge in [-0.3, -0.25) is 15.0 Å². The maximum Gasteiger partial charge on any atom is 0.282 e. The molecule has 0 amide bonds. The van der Waals surface area contributed by atoms with Gasteiger partial charge in [0.25, 0.3) is 5.56 Å². The first-order valence-corrected chi connectivity index (χ1v) is 14.1. The fourth-order valence-corrected chi connectivity index (χ4v) is 6.28. The number of ether oxygens (including phenoxy) is 2. The van der Waals surface area contributed by atoms with Crippen molar-refractivity contribution in [2.24, 2.45) is 5.92 Å². The van der Waals surface area contributed by atoms with E-state index in [0.717, 1.165) is 0 Å². The Morgan fingerprint density at radius 1 is 1.27 bits per heavy atom. The van der Waals surface area contributed by atoms with Crippen molar-refractivity contribution in [1.82, 2.24) is 39.5 Å². The van der Waals surface area contributed by atoms with Gasteiger partial charge in [-0.1, -0.05) is 5.21 Å². The number of nitrogens with one attached hydrogen (secondary N) is 1.